The zero-order valence-corrected chi connectivity index (χ0v) is 15.0. The van der Waals surface area contributed by atoms with Gasteiger partial charge in [-0.15, -0.1) is 0 Å². The lowest BCUT2D eigenvalue weighted by Gasteiger charge is -2.32. The van der Waals surface area contributed by atoms with Gasteiger partial charge in [0.2, 0.25) is 5.91 Å². The van der Waals surface area contributed by atoms with Crippen LogP contribution in [0, 0.1) is 5.92 Å². The van der Waals surface area contributed by atoms with Gasteiger partial charge in [-0.1, -0.05) is 48.5 Å². The number of hydrogen-bond donors (Lipinski definition) is 0. The van der Waals surface area contributed by atoms with Crippen LogP contribution < -0.4 is 0 Å². The Hall–Kier alpha value is -2.14. The average molecular weight is 357 g/mol. The molecule has 4 nitrogen and oxygen atoms in total. The summed E-state index contributed by atoms with van der Waals surface area (Å²) in [6.07, 6.45) is 2.08. The monoisotopic (exact) mass is 357 g/mol. The average Bonchev–Trinajstić information content (AvgIpc) is 2.63. The van der Waals surface area contributed by atoms with Crippen LogP contribution in [0.15, 0.2) is 65.6 Å². The van der Waals surface area contributed by atoms with Crippen molar-refractivity contribution in [3.63, 3.8) is 0 Å². The Kier molecular flexibility index (Phi) is 5.53. The SMILES string of the molecule is O=C(Cc1ccccc1)N1CCCC(CS(=O)(=O)c2ccccc2)C1. The zero-order chi connectivity index (χ0) is 17.7. The second kappa shape index (κ2) is 7.83. The first-order valence-corrected chi connectivity index (χ1v) is 10.3. The van der Waals surface area contributed by atoms with Crippen LogP contribution in [0.1, 0.15) is 18.4 Å². The molecule has 1 aliphatic rings. The van der Waals surface area contributed by atoms with Crippen molar-refractivity contribution in [2.75, 3.05) is 18.8 Å². The van der Waals surface area contributed by atoms with E-state index in [1.165, 1.54) is 0 Å². The summed E-state index contributed by atoms with van der Waals surface area (Å²) in [4.78, 5) is 14.7. The first-order valence-electron chi connectivity index (χ1n) is 8.64. The number of benzene rings is 2. The Labute approximate surface area is 149 Å². The number of piperidine rings is 1. The maximum atomic E-state index is 12.6. The molecule has 1 amide bonds. The molecule has 0 aromatic heterocycles. The molecular weight excluding hydrogens is 334 g/mol. The number of nitrogens with zero attached hydrogens (tertiary/aromatic N) is 1. The van der Waals surface area contributed by atoms with Gasteiger partial charge >= 0.3 is 0 Å². The lowest BCUT2D eigenvalue weighted by molar-refractivity contribution is -0.132. The molecule has 0 aliphatic carbocycles. The fourth-order valence-electron chi connectivity index (χ4n) is 3.34. The minimum absolute atomic E-state index is 0.00122. The van der Waals surface area contributed by atoms with Gasteiger partial charge in [0.25, 0.3) is 0 Å². The Balaban J connectivity index is 1.62. The van der Waals surface area contributed by atoms with Crippen LogP contribution >= 0.6 is 0 Å². The molecule has 1 heterocycles. The van der Waals surface area contributed by atoms with Gasteiger partial charge in [-0.3, -0.25) is 4.79 Å². The highest BCUT2D eigenvalue weighted by atomic mass is 32.2. The smallest absolute Gasteiger partial charge is 0.226 e. The number of carbonyl (C=O) groups is 1. The van der Waals surface area contributed by atoms with E-state index in [9.17, 15) is 13.2 Å². The van der Waals surface area contributed by atoms with Gasteiger partial charge in [0.1, 0.15) is 0 Å². The van der Waals surface area contributed by atoms with Gasteiger partial charge < -0.3 is 4.90 Å². The highest BCUT2D eigenvalue weighted by Crippen LogP contribution is 2.22. The first kappa shape index (κ1) is 17.7. The van der Waals surface area contributed by atoms with Gasteiger partial charge in [-0.05, 0) is 36.5 Å². The summed E-state index contributed by atoms with van der Waals surface area (Å²) in [7, 11) is -3.31. The summed E-state index contributed by atoms with van der Waals surface area (Å²) in [5.41, 5.74) is 0.992. The summed E-state index contributed by atoms with van der Waals surface area (Å²) in [6.45, 7) is 1.24. The molecule has 132 valence electrons. The normalized spacial score (nSPS) is 18.1. The molecule has 25 heavy (non-hydrogen) atoms. The fourth-order valence-corrected chi connectivity index (χ4v) is 5.00. The second-order valence-electron chi connectivity index (χ2n) is 6.60. The number of carbonyl (C=O) groups excluding carboxylic acids is 1. The van der Waals surface area contributed by atoms with Crippen LogP contribution in [0.5, 0.6) is 0 Å². The van der Waals surface area contributed by atoms with Crippen molar-refractivity contribution in [3.8, 4) is 0 Å². The summed E-state index contributed by atoms with van der Waals surface area (Å²) in [5.74, 6) is 0.179. The molecule has 0 spiro atoms. The molecule has 0 saturated carbocycles. The molecule has 1 atom stereocenters. The summed E-state index contributed by atoms with van der Waals surface area (Å²) in [6, 6.07) is 18.2. The van der Waals surface area contributed by atoms with Crippen LogP contribution in [0.4, 0.5) is 0 Å². The standard InChI is InChI=1S/C20H23NO3S/c22-20(14-17-8-3-1-4-9-17)21-13-7-10-18(15-21)16-25(23,24)19-11-5-2-6-12-19/h1-6,8-9,11-12,18H,7,10,13-16H2. The van der Waals surface area contributed by atoms with E-state index in [2.05, 4.69) is 0 Å². The van der Waals surface area contributed by atoms with Crippen LogP contribution in [-0.2, 0) is 21.1 Å². The summed E-state index contributed by atoms with van der Waals surface area (Å²) < 4.78 is 25.1. The van der Waals surface area contributed by atoms with Gasteiger partial charge in [0, 0.05) is 13.1 Å². The van der Waals surface area contributed by atoms with Gasteiger partial charge in [0.15, 0.2) is 9.84 Å². The molecule has 1 fully saturated rings. The third kappa shape index (κ3) is 4.69. The van der Waals surface area contributed by atoms with E-state index in [4.69, 9.17) is 0 Å². The van der Waals surface area contributed by atoms with E-state index in [1.54, 1.807) is 24.3 Å². The third-order valence-electron chi connectivity index (χ3n) is 4.63. The number of amides is 1. The molecule has 3 rings (SSSR count). The van der Waals surface area contributed by atoms with Gasteiger partial charge in [-0.25, -0.2) is 8.42 Å². The van der Waals surface area contributed by atoms with Crippen LogP contribution in [0.3, 0.4) is 0 Å². The first-order chi connectivity index (χ1) is 12.0. The maximum absolute atomic E-state index is 12.6. The van der Waals surface area contributed by atoms with E-state index in [0.717, 1.165) is 18.4 Å². The third-order valence-corrected chi connectivity index (χ3v) is 6.53. The number of sulfone groups is 1. The molecule has 2 aromatic carbocycles. The Bertz CT molecular complexity index is 803. The van der Waals surface area contributed by atoms with Crippen molar-refractivity contribution in [2.24, 2.45) is 5.92 Å². The largest absolute Gasteiger partial charge is 0.342 e. The van der Waals surface area contributed by atoms with Crippen LogP contribution in [0.25, 0.3) is 0 Å². The Morgan fingerprint density at radius 2 is 1.64 bits per heavy atom. The van der Waals surface area contributed by atoms with Crippen molar-refractivity contribution in [3.05, 3.63) is 66.2 Å². The van der Waals surface area contributed by atoms with Gasteiger partial charge in [-0.2, -0.15) is 0 Å². The van der Waals surface area contributed by atoms with E-state index in [-0.39, 0.29) is 17.6 Å². The zero-order valence-electron chi connectivity index (χ0n) is 14.2. The molecule has 1 saturated heterocycles. The molecule has 0 radical (unpaired) electrons. The lowest BCUT2D eigenvalue weighted by atomic mass is 9.99. The molecular formula is C20H23NO3S. The molecule has 5 heteroatoms. The molecule has 1 aliphatic heterocycles. The van der Waals surface area contributed by atoms with E-state index < -0.39 is 9.84 Å². The fraction of sp³-hybridized carbons (Fsp3) is 0.350. The molecule has 0 bridgehead atoms. The summed E-state index contributed by atoms with van der Waals surface area (Å²) >= 11 is 0. The number of likely N-dealkylation sites (tertiary alicyclic amines) is 1. The molecule has 0 N–H and O–H groups in total. The topological polar surface area (TPSA) is 54.5 Å². The second-order valence-corrected chi connectivity index (χ2v) is 8.64. The number of rotatable bonds is 5. The quantitative estimate of drug-likeness (QED) is 0.827. The van der Waals surface area contributed by atoms with Crippen LogP contribution in [-0.4, -0.2) is 38.1 Å². The van der Waals surface area contributed by atoms with Crippen molar-refractivity contribution in [1.82, 2.24) is 4.90 Å². The van der Waals surface area contributed by atoms with Crippen molar-refractivity contribution < 1.29 is 13.2 Å². The minimum atomic E-state index is -3.31. The predicted molar refractivity (Wildman–Crippen MR) is 97.9 cm³/mol. The van der Waals surface area contributed by atoms with Crippen molar-refractivity contribution in [2.45, 2.75) is 24.2 Å². The van der Waals surface area contributed by atoms with Crippen LogP contribution in [0.2, 0.25) is 0 Å². The highest BCUT2D eigenvalue weighted by Gasteiger charge is 2.28. The van der Waals surface area contributed by atoms with Crippen molar-refractivity contribution in [1.29, 1.82) is 0 Å². The maximum Gasteiger partial charge on any atom is 0.226 e. The number of hydrogen-bond acceptors (Lipinski definition) is 3. The molecule has 2 aromatic rings. The van der Waals surface area contributed by atoms with Crippen molar-refractivity contribution >= 4 is 15.7 Å². The van der Waals surface area contributed by atoms with E-state index in [1.807, 2.05) is 41.3 Å². The Morgan fingerprint density at radius 3 is 2.32 bits per heavy atom. The van der Waals surface area contributed by atoms with E-state index in [0.29, 0.717) is 24.4 Å². The molecule has 1 unspecified atom stereocenters. The Morgan fingerprint density at radius 1 is 1.00 bits per heavy atom. The highest BCUT2D eigenvalue weighted by molar-refractivity contribution is 7.91. The lowest BCUT2D eigenvalue weighted by Crippen LogP contribution is -2.42. The van der Waals surface area contributed by atoms with E-state index >= 15 is 0 Å². The minimum Gasteiger partial charge on any atom is -0.342 e. The van der Waals surface area contributed by atoms with Gasteiger partial charge in [0.05, 0.1) is 17.1 Å². The summed E-state index contributed by atoms with van der Waals surface area (Å²) in [5, 5.41) is 0. The predicted octanol–water partition coefficient (Wildman–Crippen LogP) is 2.94.